The lowest BCUT2D eigenvalue weighted by molar-refractivity contribution is -0.140. The van der Waals surface area contributed by atoms with Crippen LogP contribution in [0.15, 0.2) is 36.9 Å². The van der Waals surface area contributed by atoms with E-state index in [1.54, 1.807) is 0 Å². The van der Waals surface area contributed by atoms with Gasteiger partial charge >= 0.3 is 11.9 Å². The van der Waals surface area contributed by atoms with Gasteiger partial charge in [-0.1, -0.05) is 30.7 Å². The summed E-state index contributed by atoms with van der Waals surface area (Å²) < 4.78 is 10.5. The SMILES string of the molecule is C=CC(=O)OCCCCC1CCC(C(=O)Oc2ccc(C)cc2)CC1. The maximum atomic E-state index is 12.3. The minimum atomic E-state index is -0.354. The average Bonchev–Trinajstić information content (AvgIpc) is 2.63. The second-order valence-electron chi connectivity index (χ2n) is 6.82. The van der Waals surface area contributed by atoms with Crippen molar-refractivity contribution in [2.75, 3.05) is 6.61 Å². The summed E-state index contributed by atoms with van der Waals surface area (Å²) in [6, 6.07) is 7.59. The van der Waals surface area contributed by atoms with E-state index in [1.165, 1.54) is 6.08 Å². The molecule has 25 heavy (non-hydrogen) atoms. The van der Waals surface area contributed by atoms with Gasteiger partial charge in [-0.2, -0.15) is 0 Å². The van der Waals surface area contributed by atoms with Crippen LogP contribution in [0.2, 0.25) is 0 Å². The molecule has 0 N–H and O–H groups in total. The summed E-state index contributed by atoms with van der Waals surface area (Å²) in [6.07, 6.45) is 8.20. The van der Waals surface area contributed by atoms with E-state index in [-0.39, 0.29) is 17.9 Å². The zero-order chi connectivity index (χ0) is 18.1. The van der Waals surface area contributed by atoms with Crippen LogP contribution in [0, 0.1) is 18.8 Å². The molecular weight excluding hydrogens is 316 g/mol. The van der Waals surface area contributed by atoms with E-state index in [0.717, 1.165) is 50.5 Å². The van der Waals surface area contributed by atoms with Crippen molar-refractivity contribution >= 4 is 11.9 Å². The van der Waals surface area contributed by atoms with Crippen molar-refractivity contribution in [1.82, 2.24) is 0 Å². The van der Waals surface area contributed by atoms with E-state index >= 15 is 0 Å². The fourth-order valence-electron chi connectivity index (χ4n) is 3.26. The van der Waals surface area contributed by atoms with E-state index in [1.807, 2.05) is 31.2 Å². The second-order valence-corrected chi connectivity index (χ2v) is 6.82. The Morgan fingerprint density at radius 2 is 1.80 bits per heavy atom. The summed E-state index contributed by atoms with van der Waals surface area (Å²) >= 11 is 0. The summed E-state index contributed by atoms with van der Waals surface area (Å²) in [5, 5.41) is 0. The van der Waals surface area contributed by atoms with Gasteiger partial charge in [0.15, 0.2) is 0 Å². The third-order valence-electron chi connectivity index (χ3n) is 4.84. The van der Waals surface area contributed by atoms with Crippen molar-refractivity contribution in [2.45, 2.75) is 51.9 Å². The number of esters is 2. The molecule has 1 aliphatic carbocycles. The Morgan fingerprint density at radius 1 is 1.12 bits per heavy atom. The van der Waals surface area contributed by atoms with E-state index in [4.69, 9.17) is 9.47 Å². The van der Waals surface area contributed by atoms with Crippen LogP contribution in [-0.2, 0) is 14.3 Å². The number of carbonyl (C=O) groups is 2. The van der Waals surface area contributed by atoms with Gasteiger partial charge in [0.25, 0.3) is 0 Å². The van der Waals surface area contributed by atoms with E-state index in [9.17, 15) is 9.59 Å². The van der Waals surface area contributed by atoms with Gasteiger partial charge in [0.05, 0.1) is 12.5 Å². The van der Waals surface area contributed by atoms with Crippen molar-refractivity contribution in [3.05, 3.63) is 42.5 Å². The Morgan fingerprint density at radius 3 is 2.44 bits per heavy atom. The molecule has 0 spiro atoms. The van der Waals surface area contributed by atoms with Gasteiger partial charge in [-0.15, -0.1) is 0 Å². The van der Waals surface area contributed by atoms with Gasteiger partial charge in [-0.05, 0) is 63.5 Å². The molecule has 0 amide bonds. The first-order chi connectivity index (χ1) is 12.1. The smallest absolute Gasteiger partial charge is 0.330 e. The molecule has 0 unspecified atom stereocenters. The summed E-state index contributed by atoms with van der Waals surface area (Å²) in [4.78, 5) is 23.2. The summed E-state index contributed by atoms with van der Waals surface area (Å²) in [7, 11) is 0. The maximum Gasteiger partial charge on any atom is 0.330 e. The van der Waals surface area contributed by atoms with Crippen molar-refractivity contribution in [3.63, 3.8) is 0 Å². The fraction of sp³-hybridized carbons (Fsp3) is 0.524. The highest BCUT2D eigenvalue weighted by molar-refractivity contribution is 5.81. The predicted octanol–water partition coefficient (Wildman–Crippen LogP) is 4.61. The minimum absolute atomic E-state index is 0.0195. The van der Waals surface area contributed by atoms with Gasteiger partial charge < -0.3 is 9.47 Å². The molecule has 1 saturated carbocycles. The monoisotopic (exact) mass is 344 g/mol. The molecule has 4 heteroatoms. The van der Waals surface area contributed by atoms with Gasteiger partial charge in [0.1, 0.15) is 5.75 Å². The maximum absolute atomic E-state index is 12.3. The lowest BCUT2D eigenvalue weighted by Gasteiger charge is -2.27. The second kappa shape index (κ2) is 10.0. The van der Waals surface area contributed by atoms with Gasteiger partial charge in [-0.25, -0.2) is 4.79 Å². The third kappa shape index (κ3) is 6.73. The van der Waals surface area contributed by atoms with Crippen LogP contribution in [0.1, 0.15) is 50.5 Å². The van der Waals surface area contributed by atoms with Crippen LogP contribution in [-0.4, -0.2) is 18.5 Å². The molecule has 0 heterocycles. The molecule has 4 nitrogen and oxygen atoms in total. The van der Waals surface area contributed by atoms with Crippen molar-refractivity contribution in [3.8, 4) is 5.75 Å². The van der Waals surface area contributed by atoms with Crippen LogP contribution in [0.5, 0.6) is 5.75 Å². The number of aryl methyl sites for hydroxylation is 1. The number of ether oxygens (including phenoxy) is 2. The predicted molar refractivity (Wildman–Crippen MR) is 97.3 cm³/mol. The standard InChI is InChI=1S/C21H28O4/c1-3-20(22)24-15-5-4-6-17-9-11-18(12-10-17)21(23)25-19-13-7-16(2)8-14-19/h3,7-8,13-14,17-18H,1,4-6,9-12,15H2,2H3. The lowest BCUT2D eigenvalue weighted by atomic mass is 9.80. The normalized spacial score (nSPS) is 19.9. The molecule has 0 atom stereocenters. The molecule has 1 aliphatic rings. The molecule has 0 aromatic heterocycles. The fourth-order valence-corrected chi connectivity index (χ4v) is 3.26. The molecule has 136 valence electrons. The Bertz CT molecular complexity index is 568. The Hall–Kier alpha value is -2.10. The minimum Gasteiger partial charge on any atom is -0.463 e. The van der Waals surface area contributed by atoms with Crippen LogP contribution < -0.4 is 4.74 Å². The van der Waals surface area contributed by atoms with E-state index in [0.29, 0.717) is 18.3 Å². The molecule has 0 saturated heterocycles. The first kappa shape index (κ1) is 19.2. The van der Waals surface area contributed by atoms with E-state index in [2.05, 4.69) is 6.58 Å². The highest BCUT2D eigenvalue weighted by Gasteiger charge is 2.27. The van der Waals surface area contributed by atoms with Crippen LogP contribution in [0.4, 0.5) is 0 Å². The highest BCUT2D eigenvalue weighted by Crippen LogP contribution is 2.32. The number of carbonyl (C=O) groups excluding carboxylic acids is 2. The van der Waals surface area contributed by atoms with Gasteiger partial charge in [-0.3, -0.25) is 4.79 Å². The van der Waals surface area contributed by atoms with Crippen molar-refractivity contribution < 1.29 is 19.1 Å². The average molecular weight is 344 g/mol. The first-order valence-electron chi connectivity index (χ1n) is 9.16. The Labute approximate surface area is 150 Å². The van der Waals surface area contributed by atoms with Gasteiger partial charge in [0, 0.05) is 6.08 Å². The zero-order valence-electron chi connectivity index (χ0n) is 15.0. The number of unbranched alkanes of at least 4 members (excludes halogenated alkanes) is 1. The van der Waals surface area contributed by atoms with Crippen molar-refractivity contribution in [1.29, 1.82) is 0 Å². The number of rotatable bonds is 8. The van der Waals surface area contributed by atoms with Crippen molar-refractivity contribution in [2.24, 2.45) is 11.8 Å². The zero-order valence-corrected chi connectivity index (χ0v) is 15.0. The van der Waals surface area contributed by atoms with Crippen LogP contribution >= 0.6 is 0 Å². The largest absolute Gasteiger partial charge is 0.463 e. The molecule has 1 aromatic rings. The summed E-state index contributed by atoms with van der Waals surface area (Å²) in [6.45, 7) is 5.84. The molecule has 0 radical (unpaired) electrons. The van der Waals surface area contributed by atoms with Crippen LogP contribution in [0.25, 0.3) is 0 Å². The van der Waals surface area contributed by atoms with Crippen LogP contribution in [0.3, 0.4) is 0 Å². The Balaban J connectivity index is 1.62. The molecule has 0 bridgehead atoms. The highest BCUT2D eigenvalue weighted by atomic mass is 16.5. The molecular formula is C21H28O4. The number of benzene rings is 1. The summed E-state index contributed by atoms with van der Waals surface area (Å²) in [5.41, 5.74) is 1.15. The third-order valence-corrected chi connectivity index (χ3v) is 4.84. The molecule has 0 aliphatic heterocycles. The molecule has 1 aromatic carbocycles. The van der Waals surface area contributed by atoms with Gasteiger partial charge in [0.2, 0.25) is 0 Å². The molecule has 2 rings (SSSR count). The topological polar surface area (TPSA) is 52.6 Å². The summed E-state index contributed by atoms with van der Waals surface area (Å²) in [5.74, 6) is 0.864. The number of hydrogen-bond acceptors (Lipinski definition) is 4. The Kier molecular flexibility index (Phi) is 7.71. The number of hydrogen-bond donors (Lipinski definition) is 0. The quantitative estimate of drug-likeness (QED) is 0.299. The lowest BCUT2D eigenvalue weighted by Crippen LogP contribution is -2.25. The first-order valence-corrected chi connectivity index (χ1v) is 9.16. The van der Waals surface area contributed by atoms with E-state index < -0.39 is 0 Å². The molecule has 1 fully saturated rings.